The maximum atomic E-state index is 11.8. The molecule has 16 heavy (non-hydrogen) atoms. The molecule has 0 radical (unpaired) electrons. The van der Waals surface area contributed by atoms with Crippen LogP contribution >= 0.6 is 0 Å². The van der Waals surface area contributed by atoms with Gasteiger partial charge in [-0.1, -0.05) is 12.2 Å². The quantitative estimate of drug-likeness (QED) is 0.765. The lowest BCUT2D eigenvalue weighted by Crippen LogP contribution is -2.31. The highest BCUT2D eigenvalue weighted by atomic mass is 16.1. The number of hydrogen-bond acceptors (Lipinski definition) is 2. The average Bonchev–Trinajstić information content (AvgIpc) is 2.74. The third kappa shape index (κ3) is 2.15. The van der Waals surface area contributed by atoms with Gasteiger partial charge in [0.05, 0.1) is 5.69 Å². The highest BCUT2D eigenvalue weighted by Crippen LogP contribution is 2.25. The van der Waals surface area contributed by atoms with E-state index in [1.54, 1.807) is 0 Å². The molecular weight excluding hydrogens is 202 g/mol. The van der Waals surface area contributed by atoms with E-state index in [0.29, 0.717) is 6.54 Å². The van der Waals surface area contributed by atoms with E-state index >= 15 is 0 Å². The predicted molar refractivity (Wildman–Crippen MR) is 61.9 cm³/mol. The molecule has 2 rings (SSSR count). The first-order valence-corrected chi connectivity index (χ1v) is 5.61. The number of carbonyl (C=O) groups excluding carboxylic acids is 1. The van der Waals surface area contributed by atoms with Crippen molar-refractivity contribution in [3.8, 4) is 0 Å². The average molecular weight is 219 g/mol. The molecule has 0 aromatic carbocycles. The van der Waals surface area contributed by atoms with Crippen LogP contribution in [0.4, 0.5) is 0 Å². The minimum absolute atomic E-state index is 0.0731. The molecule has 1 aliphatic carbocycles. The monoisotopic (exact) mass is 219 g/mol. The Kier molecular flexibility index (Phi) is 3.08. The molecule has 4 heteroatoms. The SMILES string of the molecule is C/C=C/CNC(=O)C1Cc2cn(C)nc2C1. The first kappa shape index (κ1) is 10.9. The lowest BCUT2D eigenvalue weighted by atomic mass is 10.1. The molecular formula is C12H17N3O. The van der Waals surface area contributed by atoms with E-state index in [1.165, 1.54) is 5.56 Å². The van der Waals surface area contributed by atoms with Crippen LogP contribution in [0.15, 0.2) is 18.3 Å². The van der Waals surface area contributed by atoms with Gasteiger partial charge < -0.3 is 5.32 Å². The zero-order valence-electron chi connectivity index (χ0n) is 9.73. The van der Waals surface area contributed by atoms with Crippen molar-refractivity contribution in [1.29, 1.82) is 0 Å². The second kappa shape index (κ2) is 4.51. The summed E-state index contributed by atoms with van der Waals surface area (Å²) in [5.41, 5.74) is 2.29. The number of carbonyl (C=O) groups is 1. The normalized spacial score (nSPS) is 19.0. The van der Waals surface area contributed by atoms with Gasteiger partial charge in [0.2, 0.25) is 5.91 Å². The first-order valence-electron chi connectivity index (χ1n) is 5.61. The summed E-state index contributed by atoms with van der Waals surface area (Å²) in [7, 11) is 1.92. The number of fused-ring (bicyclic) bond motifs is 1. The smallest absolute Gasteiger partial charge is 0.224 e. The summed E-state index contributed by atoms with van der Waals surface area (Å²) < 4.78 is 1.82. The van der Waals surface area contributed by atoms with Gasteiger partial charge in [0.25, 0.3) is 0 Å². The van der Waals surface area contributed by atoms with Gasteiger partial charge in [-0.15, -0.1) is 0 Å². The number of aromatic nitrogens is 2. The minimum atomic E-state index is 0.0731. The van der Waals surface area contributed by atoms with Gasteiger partial charge in [-0.05, 0) is 18.9 Å². The molecule has 1 aromatic heterocycles. The van der Waals surface area contributed by atoms with Crippen LogP contribution in [0, 0.1) is 5.92 Å². The Hall–Kier alpha value is -1.58. The molecule has 1 N–H and O–H groups in total. The third-order valence-electron chi connectivity index (χ3n) is 2.90. The van der Waals surface area contributed by atoms with Crippen LogP contribution in [0.25, 0.3) is 0 Å². The van der Waals surface area contributed by atoms with Gasteiger partial charge in [0.15, 0.2) is 0 Å². The van der Waals surface area contributed by atoms with Crippen LogP contribution in [0.3, 0.4) is 0 Å². The number of nitrogens with zero attached hydrogens (tertiary/aromatic N) is 2. The van der Waals surface area contributed by atoms with Crippen molar-refractivity contribution in [1.82, 2.24) is 15.1 Å². The molecule has 0 aliphatic heterocycles. The Labute approximate surface area is 95.3 Å². The largest absolute Gasteiger partial charge is 0.352 e. The number of rotatable bonds is 3. The van der Waals surface area contributed by atoms with E-state index < -0.39 is 0 Å². The van der Waals surface area contributed by atoms with Gasteiger partial charge in [0.1, 0.15) is 0 Å². The van der Waals surface area contributed by atoms with Gasteiger partial charge in [-0.3, -0.25) is 9.48 Å². The summed E-state index contributed by atoms with van der Waals surface area (Å²) in [6.45, 7) is 2.57. The van der Waals surface area contributed by atoms with Crippen LogP contribution in [0.5, 0.6) is 0 Å². The Bertz CT molecular complexity index is 396. The molecule has 1 atom stereocenters. The fraction of sp³-hybridized carbons (Fsp3) is 0.500. The fourth-order valence-corrected chi connectivity index (χ4v) is 2.10. The summed E-state index contributed by atoms with van der Waals surface area (Å²) in [6, 6.07) is 0. The van der Waals surface area contributed by atoms with E-state index in [4.69, 9.17) is 0 Å². The van der Waals surface area contributed by atoms with Crippen molar-refractivity contribution in [3.05, 3.63) is 29.6 Å². The maximum absolute atomic E-state index is 11.8. The van der Waals surface area contributed by atoms with Crippen molar-refractivity contribution >= 4 is 5.91 Å². The van der Waals surface area contributed by atoms with Gasteiger partial charge in [-0.2, -0.15) is 5.10 Å². The van der Waals surface area contributed by atoms with E-state index in [-0.39, 0.29) is 11.8 Å². The number of nitrogens with one attached hydrogen (secondary N) is 1. The first-order chi connectivity index (χ1) is 7.70. The van der Waals surface area contributed by atoms with Crippen molar-refractivity contribution in [2.45, 2.75) is 19.8 Å². The summed E-state index contributed by atoms with van der Waals surface area (Å²) in [5.74, 6) is 0.211. The third-order valence-corrected chi connectivity index (χ3v) is 2.90. The van der Waals surface area contributed by atoms with Crippen LogP contribution in [0.2, 0.25) is 0 Å². The second-order valence-corrected chi connectivity index (χ2v) is 4.19. The zero-order valence-corrected chi connectivity index (χ0v) is 9.73. The van der Waals surface area contributed by atoms with Crippen molar-refractivity contribution in [2.24, 2.45) is 13.0 Å². The number of amides is 1. The van der Waals surface area contributed by atoms with Gasteiger partial charge in [0, 0.05) is 32.1 Å². The van der Waals surface area contributed by atoms with E-state index in [1.807, 2.05) is 37.0 Å². The highest BCUT2D eigenvalue weighted by molar-refractivity contribution is 5.80. The summed E-state index contributed by atoms with van der Waals surface area (Å²) in [6.07, 6.45) is 7.49. The molecule has 0 saturated heterocycles. The number of aryl methyl sites for hydroxylation is 1. The van der Waals surface area contributed by atoms with Crippen LogP contribution < -0.4 is 5.32 Å². The van der Waals surface area contributed by atoms with Gasteiger partial charge >= 0.3 is 0 Å². The Morgan fingerprint density at radius 1 is 1.69 bits per heavy atom. The molecule has 1 aromatic rings. The Morgan fingerprint density at radius 3 is 3.19 bits per heavy atom. The molecule has 4 nitrogen and oxygen atoms in total. The standard InChI is InChI=1S/C12H17N3O/c1-3-4-5-13-12(16)9-6-10-8-15(2)14-11(10)7-9/h3-4,8-9H,5-7H2,1-2H3,(H,13,16)/b4-3+. The fourth-order valence-electron chi connectivity index (χ4n) is 2.10. The predicted octanol–water partition coefficient (Wildman–Crippen LogP) is 0.827. The van der Waals surface area contributed by atoms with Crippen molar-refractivity contribution < 1.29 is 4.79 Å². The molecule has 1 heterocycles. The zero-order chi connectivity index (χ0) is 11.5. The Morgan fingerprint density at radius 2 is 2.50 bits per heavy atom. The maximum Gasteiger partial charge on any atom is 0.224 e. The molecule has 1 aliphatic rings. The number of hydrogen-bond donors (Lipinski definition) is 1. The lowest BCUT2D eigenvalue weighted by Gasteiger charge is -2.08. The minimum Gasteiger partial charge on any atom is -0.352 e. The number of allylic oxidation sites excluding steroid dienone is 1. The van der Waals surface area contributed by atoms with E-state index in [0.717, 1.165) is 18.5 Å². The summed E-state index contributed by atoms with van der Waals surface area (Å²) in [5, 5.41) is 7.25. The van der Waals surface area contributed by atoms with Gasteiger partial charge in [-0.25, -0.2) is 0 Å². The van der Waals surface area contributed by atoms with Crippen LogP contribution in [0.1, 0.15) is 18.2 Å². The molecule has 86 valence electrons. The van der Waals surface area contributed by atoms with E-state index in [2.05, 4.69) is 10.4 Å². The topological polar surface area (TPSA) is 46.9 Å². The summed E-state index contributed by atoms with van der Waals surface area (Å²) in [4.78, 5) is 11.8. The molecule has 0 fully saturated rings. The second-order valence-electron chi connectivity index (χ2n) is 4.19. The molecule has 1 amide bonds. The highest BCUT2D eigenvalue weighted by Gasteiger charge is 2.29. The Balaban J connectivity index is 1.90. The molecule has 1 unspecified atom stereocenters. The van der Waals surface area contributed by atoms with Crippen molar-refractivity contribution in [2.75, 3.05) is 6.54 Å². The molecule has 0 saturated carbocycles. The molecule has 0 spiro atoms. The lowest BCUT2D eigenvalue weighted by molar-refractivity contribution is -0.124. The van der Waals surface area contributed by atoms with E-state index in [9.17, 15) is 4.79 Å². The van der Waals surface area contributed by atoms with Crippen LogP contribution in [-0.4, -0.2) is 22.2 Å². The van der Waals surface area contributed by atoms with Crippen molar-refractivity contribution in [3.63, 3.8) is 0 Å². The molecule has 0 bridgehead atoms. The van der Waals surface area contributed by atoms with Crippen LogP contribution in [-0.2, 0) is 24.7 Å². The summed E-state index contributed by atoms with van der Waals surface area (Å²) >= 11 is 0.